The molecule has 0 atom stereocenters. The third-order valence-electron chi connectivity index (χ3n) is 5.92. The second-order valence-electron chi connectivity index (χ2n) is 8.75. The number of carbonyl (C=O) groups excluding carboxylic acids is 1. The van der Waals surface area contributed by atoms with Gasteiger partial charge < -0.3 is 16.0 Å². The van der Waals surface area contributed by atoms with Gasteiger partial charge in [-0.3, -0.25) is 9.78 Å². The van der Waals surface area contributed by atoms with Gasteiger partial charge in [0.05, 0.1) is 17.4 Å². The van der Waals surface area contributed by atoms with Crippen molar-refractivity contribution in [1.29, 1.82) is 0 Å². The van der Waals surface area contributed by atoms with Gasteiger partial charge in [0.1, 0.15) is 5.82 Å². The maximum absolute atomic E-state index is 12.3. The standard InChI is InChI=1S/C25H24N6O/c1-15(32)31-14-25(2,3)20-9-8-16(11-22(20)31)19-13-28-24(26)30-23(19)29-18-10-17-6-4-5-7-21(17)27-12-18/h4-13H,14H2,1-3H3,(H3,26,28,29,30). The number of aromatic nitrogens is 3. The van der Waals surface area contributed by atoms with Gasteiger partial charge in [-0.25, -0.2) is 4.98 Å². The van der Waals surface area contributed by atoms with Gasteiger partial charge in [0.2, 0.25) is 11.9 Å². The molecule has 160 valence electrons. The smallest absolute Gasteiger partial charge is 0.223 e. The van der Waals surface area contributed by atoms with E-state index in [1.54, 1.807) is 19.3 Å². The Morgan fingerprint density at radius 1 is 1.09 bits per heavy atom. The van der Waals surface area contributed by atoms with Gasteiger partial charge in [-0.1, -0.05) is 44.2 Å². The summed E-state index contributed by atoms with van der Waals surface area (Å²) in [5.41, 5.74) is 11.3. The number of benzene rings is 2. The average Bonchev–Trinajstić information content (AvgIpc) is 3.04. The first-order valence-corrected chi connectivity index (χ1v) is 10.5. The Hall–Kier alpha value is -4.00. The van der Waals surface area contributed by atoms with Crippen LogP contribution >= 0.6 is 0 Å². The summed E-state index contributed by atoms with van der Waals surface area (Å²) < 4.78 is 0. The Morgan fingerprint density at radius 2 is 1.91 bits per heavy atom. The number of carbonyl (C=O) groups is 1. The van der Waals surface area contributed by atoms with E-state index in [1.807, 2.05) is 47.4 Å². The molecule has 7 heteroatoms. The zero-order chi connectivity index (χ0) is 22.5. The van der Waals surface area contributed by atoms with Gasteiger partial charge >= 0.3 is 0 Å². The SMILES string of the molecule is CC(=O)N1CC(C)(C)c2ccc(-c3cnc(N)nc3Nc3cnc4ccccc4c3)cc21. The van der Waals surface area contributed by atoms with Crippen LogP contribution in [0.3, 0.4) is 0 Å². The summed E-state index contributed by atoms with van der Waals surface area (Å²) in [5.74, 6) is 0.793. The number of hydrogen-bond acceptors (Lipinski definition) is 6. The Balaban J connectivity index is 1.58. The second kappa shape index (κ2) is 7.30. The van der Waals surface area contributed by atoms with E-state index in [0.717, 1.165) is 39.0 Å². The number of anilines is 4. The van der Waals surface area contributed by atoms with Crippen LogP contribution in [0.1, 0.15) is 26.3 Å². The van der Waals surface area contributed by atoms with E-state index < -0.39 is 0 Å². The van der Waals surface area contributed by atoms with Gasteiger partial charge in [-0.15, -0.1) is 0 Å². The van der Waals surface area contributed by atoms with Crippen LogP contribution in [0.5, 0.6) is 0 Å². The van der Waals surface area contributed by atoms with Crippen molar-refractivity contribution in [3.05, 3.63) is 66.5 Å². The van der Waals surface area contributed by atoms with Crippen molar-refractivity contribution in [2.45, 2.75) is 26.2 Å². The monoisotopic (exact) mass is 424 g/mol. The highest BCUT2D eigenvalue weighted by molar-refractivity contribution is 5.96. The Bertz CT molecular complexity index is 1360. The van der Waals surface area contributed by atoms with Crippen LogP contribution in [0.25, 0.3) is 22.0 Å². The van der Waals surface area contributed by atoms with E-state index in [-0.39, 0.29) is 17.3 Å². The topological polar surface area (TPSA) is 97.0 Å². The van der Waals surface area contributed by atoms with Crippen molar-refractivity contribution in [2.75, 3.05) is 22.5 Å². The van der Waals surface area contributed by atoms with Crippen LogP contribution in [0.4, 0.5) is 23.1 Å². The van der Waals surface area contributed by atoms with Gasteiger partial charge in [0.25, 0.3) is 0 Å². The molecule has 32 heavy (non-hydrogen) atoms. The molecule has 0 aliphatic carbocycles. The molecule has 0 saturated carbocycles. The van der Waals surface area contributed by atoms with Gasteiger partial charge in [0, 0.05) is 41.7 Å². The third-order valence-corrected chi connectivity index (χ3v) is 5.92. The Kier molecular flexibility index (Phi) is 4.55. The molecule has 0 radical (unpaired) electrons. The molecule has 0 bridgehead atoms. The minimum atomic E-state index is -0.102. The normalized spacial score (nSPS) is 14.4. The first-order valence-electron chi connectivity index (χ1n) is 10.5. The van der Waals surface area contributed by atoms with Crippen molar-refractivity contribution < 1.29 is 4.79 Å². The minimum absolute atomic E-state index is 0.0307. The molecule has 0 saturated heterocycles. The molecule has 2 aromatic carbocycles. The van der Waals surface area contributed by atoms with Gasteiger partial charge in [-0.05, 0) is 29.3 Å². The molecule has 1 amide bonds. The van der Waals surface area contributed by atoms with Gasteiger partial charge in [-0.2, -0.15) is 4.98 Å². The molecule has 0 unspecified atom stereocenters. The molecule has 1 aliphatic rings. The van der Waals surface area contributed by atoms with Crippen molar-refractivity contribution in [3.8, 4) is 11.1 Å². The van der Waals surface area contributed by atoms with Crippen molar-refractivity contribution in [2.24, 2.45) is 0 Å². The second-order valence-corrected chi connectivity index (χ2v) is 8.75. The fourth-order valence-electron chi connectivity index (χ4n) is 4.32. The predicted molar refractivity (Wildman–Crippen MR) is 128 cm³/mol. The molecule has 0 spiro atoms. The number of pyridine rings is 1. The largest absolute Gasteiger partial charge is 0.368 e. The van der Waals surface area contributed by atoms with E-state index in [2.05, 4.69) is 40.2 Å². The van der Waals surface area contributed by atoms with Crippen LogP contribution < -0.4 is 16.0 Å². The highest BCUT2D eigenvalue weighted by Crippen LogP contribution is 2.43. The summed E-state index contributed by atoms with van der Waals surface area (Å²) in [6, 6.07) is 16.1. The quantitative estimate of drug-likeness (QED) is 0.496. The Labute approximate surface area is 186 Å². The fourth-order valence-corrected chi connectivity index (χ4v) is 4.32. The Morgan fingerprint density at radius 3 is 2.72 bits per heavy atom. The lowest BCUT2D eigenvalue weighted by molar-refractivity contribution is -0.116. The molecule has 5 rings (SSSR count). The molecule has 2 aromatic heterocycles. The number of rotatable bonds is 3. The highest BCUT2D eigenvalue weighted by Gasteiger charge is 2.37. The number of nitrogens with two attached hydrogens (primary N) is 1. The summed E-state index contributed by atoms with van der Waals surface area (Å²) in [6.07, 6.45) is 3.48. The van der Waals surface area contributed by atoms with Crippen LogP contribution in [0, 0.1) is 0 Å². The van der Waals surface area contributed by atoms with Crippen molar-refractivity contribution >= 4 is 40.0 Å². The van der Waals surface area contributed by atoms with Crippen LogP contribution in [-0.2, 0) is 10.2 Å². The third kappa shape index (κ3) is 3.41. The number of nitrogens with one attached hydrogen (secondary N) is 1. The van der Waals surface area contributed by atoms with E-state index in [0.29, 0.717) is 12.4 Å². The van der Waals surface area contributed by atoms with Crippen molar-refractivity contribution in [1.82, 2.24) is 15.0 Å². The minimum Gasteiger partial charge on any atom is -0.368 e. The van der Waals surface area contributed by atoms with Crippen molar-refractivity contribution in [3.63, 3.8) is 0 Å². The lowest BCUT2D eigenvalue weighted by Gasteiger charge is -2.19. The van der Waals surface area contributed by atoms with E-state index in [1.165, 1.54) is 0 Å². The van der Waals surface area contributed by atoms with Crippen LogP contribution in [0.15, 0.2) is 60.9 Å². The van der Waals surface area contributed by atoms with Crippen LogP contribution in [-0.4, -0.2) is 27.4 Å². The number of hydrogen-bond donors (Lipinski definition) is 2. The summed E-state index contributed by atoms with van der Waals surface area (Å²) in [6.45, 7) is 6.57. The maximum Gasteiger partial charge on any atom is 0.223 e. The van der Waals surface area contributed by atoms with Crippen LogP contribution in [0.2, 0.25) is 0 Å². The number of nitrogens with zero attached hydrogens (tertiary/aromatic N) is 4. The summed E-state index contributed by atoms with van der Waals surface area (Å²) >= 11 is 0. The van der Waals surface area contributed by atoms with E-state index in [4.69, 9.17) is 5.73 Å². The summed E-state index contributed by atoms with van der Waals surface area (Å²) in [5, 5.41) is 4.37. The molecule has 7 nitrogen and oxygen atoms in total. The molecule has 3 heterocycles. The van der Waals surface area contributed by atoms with E-state index in [9.17, 15) is 4.79 Å². The zero-order valence-corrected chi connectivity index (χ0v) is 18.3. The highest BCUT2D eigenvalue weighted by atomic mass is 16.2. The predicted octanol–water partition coefficient (Wildman–Crippen LogP) is 4.66. The fraction of sp³-hybridized carbons (Fsp3) is 0.200. The first-order chi connectivity index (χ1) is 15.3. The molecule has 0 fully saturated rings. The number of amides is 1. The average molecular weight is 425 g/mol. The summed E-state index contributed by atoms with van der Waals surface area (Å²) in [4.78, 5) is 27.3. The zero-order valence-electron chi connectivity index (χ0n) is 18.3. The number of fused-ring (bicyclic) bond motifs is 2. The van der Waals surface area contributed by atoms with E-state index >= 15 is 0 Å². The lowest BCUT2D eigenvalue weighted by Crippen LogP contribution is -2.31. The molecule has 1 aliphatic heterocycles. The summed E-state index contributed by atoms with van der Waals surface area (Å²) in [7, 11) is 0. The molecule has 4 aromatic rings. The lowest BCUT2D eigenvalue weighted by atomic mass is 9.86. The maximum atomic E-state index is 12.3. The number of para-hydroxylation sites is 1. The number of nitrogen functional groups attached to an aromatic ring is 1. The molecule has 3 N–H and O–H groups in total. The molecular formula is C25H24N6O. The van der Waals surface area contributed by atoms with Gasteiger partial charge in [0.15, 0.2) is 0 Å². The first kappa shape index (κ1) is 19.9. The molecular weight excluding hydrogens is 400 g/mol.